The molecule has 0 fully saturated rings. The largest absolute Gasteiger partial charge is 0.354 e. The first kappa shape index (κ1) is 22.7. The summed E-state index contributed by atoms with van der Waals surface area (Å²) in [6, 6.07) is 17.0. The maximum Gasteiger partial charge on any atom is 0.223 e. The first-order valence-electron chi connectivity index (χ1n) is 11.2. The summed E-state index contributed by atoms with van der Waals surface area (Å²) in [7, 11) is 0. The number of hydrogen-bond donors (Lipinski definition) is 1. The van der Waals surface area contributed by atoms with Gasteiger partial charge in [0.15, 0.2) is 0 Å². The summed E-state index contributed by atoms with van der Waals surface area (Å²) >= 11 is 0. The third-order valence-electron chi connectivity index (χ3n) is 5.44. The minimum atomic E-state index is 0.231. The maximum absolute atomic E-state index is 12.8. The van der Waals surface area contributed by atoms with Crippen LogP contribution in [0.15, 0.2) is 48.5 Å². The van der Waals surface area contributed by atoms with Crippen molar-refractivity contribution in [3.8, 4) is 11.3 Å². The number of para-hydroxylation sites is 1. The normalized spacial score (nSPS) is 13.9. The molecule has 1 aromatic heterocycles. The van der Waals surface area contributed by atoms with Gasteiger partial charge in [-0.15, -0.1) is 0 Å². The van der Waals surface area contributed by atoms with Gasteiger partial charge >= 0.3 is 0 Å². The lowest BCUT2D eigenvalue weighted by Gasteiger charge is -2.27. The molecule has 1 aliphatic rings. The molecular formula is C26H36N2O. The summed E-state index contributed by atoms with van der Waals surface area (Å²) in [6.07, 6.45) is 1.50. The van der Waals surface area contributed by atoms with Crippen LogP contribution in [-0.4, -0.2) is 28.9 Å². The van der Waals surface area contributed by atoms with E-state index in [9.17, 15) is 4.79 Å². The number of carbonyl (C=O) groups excluding carboxylic acids is 1. The Kier molecular flexibility index (Phi) is 8.50. The molecule has 4 rings (SSSR count). The Morgan fingerprint density at radius 1 is 0.966 bits per heavy atom. The Morgan fingerprint density at radius 2 is 1.59 bits per heavy atom. The first-order valence-corrected chi connectivity index (χ1v) is 11.2. The lowest BCUT2D eigenvalue weighted by Crippen LogP contribution is -2.32. The Labute approximate surface area is 176 Å². The zero-order chi connectivity index (χ0) is 21.4. The van der Waals surface area contributed by atoms with Crippen molar-refractivity contribution in [2.45, 2.75) is 60.3 Å². The van der Waals surface area contributed by atoms with Crippen molar-refractivity contribution in [1.29, 1.82) is 0 Å². The molecule has 1 aliphatic carbocycles. The van der Waals surface area contributed by atoms with Gasteiger partial charge in [-0.3, -0.25) is 4.79 Å². The van der Waals surface area contributed by atoms with Crippen molar-refractivity contribution >= 4 is 16.8 Å². The molecular weight excluding hydrogens is 355 g/mol. The molecule has 0 spiro atoms. The average Bonchev–Trinajstić information content (AvgIpc) is 3.18. The summed E-state index contributed by atoms with van der Waals surface area (Å²) in [6.45, 7) is 13.7. The number of rotatable bonds is 4. The highest BCUT2D eigenvalue weighted by atomic mass is 16.1. The van der Waals surface area contributed by atoms with Gasteiger partial charge < -0.3 is 9.88 Å². The number of nitrogens with zero attached hydrogens (tertiary/aromatic N) is 1. The highest BCUT2D eigenvalue weighted by molar-refractivity contribution is 5.94. The van der Waals surface area contributed by atoms with Gasteiger partial charge in [0.2, 0.25) is 5.91 Å². The topological polar surface area (TPSA) is 36.1 Å². The number of aromatic nitrogens is 1. The maximum atomic E-state index is 12.8. The van der Waals surface area contributed by atoms with Gasteiger partial charge in [0.05, 0.1) is 5.69 Å². The van der Waals surface area contributed by atoms with Gasteiger partial charge in [0.1, 0.15) is 0 Å². The van der Waals surface area contributed by atoms with E-state index >= 15 is 0 Å². The van der Waals surface area contributed by atoms with Gasteiger partial charge in [-0.25, -0.2) is 0 Å². The van der Waals surface area contributed by atoms with Crippen LogP contribution >= 0.6 is 0 Å². The molecule has 3 nitrogen and oxygen atoms in total. The second-order valence-corrected chi connectivity index (χ2v) is 6.79. The molecule has 0 bridgehead atoms. The number of aromatic amines is 1. The monoisotopic (exact) mass is 391 g/mol. The van der Waals surface area contributed by atoms with Crippen LogP contribution in [0.3, 0.4) is 0 Å². The molecule has 2 aromatic carbocycles. The average molecular weight is 392 g/mol. The molecule has 156 valence electrons. The predicted molar refractivity (Wildman–Crippen MR) is 125 cm³/mol. The van der Waals surface area contributed by atoms with Crippen LogP contribution in [0.5, 0.6) is 0 Å². The fourth-order valence-electron chi connectivity index (χ4n) is 4.20. The fraction of sp³-hybridized carbons (Fsp3) is 0.423. The van der Waals surface area contributed by atoms with E-state index in [1.807, 2.05) is 32.6 Å². The lowest BCUT2D eigenvalue weighted by molar-refractivity contribution is -0.131. The van der Waals surface area contributed by atoms with E-state index in [0.29, 0.717) is 6.42 Å². The molecule has 29 heavy (non-hydrogen) atoms. The van der Waals surface area contributed by atoms with Crippen LogP contribution < -0.4 is 0 Å². The molecule has 1 atom stereocenters. The van der Waals surface area contributed by atoms with Crippen LogP contribution in [0.4, 0.5) is 0 Å². The van der Waals surface area contributed by atoms with E-state index < -0.39 is 0 Å². The number of benzene rings is 2. The number of fused-ring (bicyclic) bond motifs is 5. The quantitative estimate of drug-likeness (QED) is 0.522. The molecule has 0 saturated heterocycles. The summed E-state index contributed by atoms with van der Waals surface area (Å²) < 4.78 is 0. The van der Waals surface area contributed by atoms with Gasteiger partial charge in [-0.05, 0) is 43.4 Å². The summed E-state index contributed by atoms with van der Waals surface area (Å²) in [4.78, 5) is 18.3. The highest BCUT2D eigenvalue weighted by Crippen LogP contribution is 2.44. The molecule has 0 aliphatic heterocycles. The van der Waals surface area contributed by atoms with E-state index in [1.54, 1.807) is 0 Å². The van der Waals surface area contributed by atoms with E-state index in [-0.39, 0.29) is 11.8 Å². The summed E-state index contributed by atoms with van der Waals surface area (Å²) in [5.74, 6) is 0.486. The van der Waals surface area contributed by atoms with Crippen LogP contribution in [0.1, 0.15) is 65.0 Å². The Bertz CT molecular complexity index is 921. The van der Waals surface area contributed by atoms with Crippen molar-refractivity contribution in [3.63, 3.8) is 0 Å². The predicted octanol–water partition coefficient (Wildman–Crippen LogP) is 6.79. The van der Waals surface area contributed by atoms with Crippen LogP contribution in [0.25, 0.3) is 22.2 Å². The van der Waals surface area contributed by atoms with Gasteiger partial charge in [0, 0.05) is 36.0 Å². The summed E-state index contributed by atoms with van der Waals surface area (Å²) in [5, 5.41) is 1.25. The van der Waals surface area contributed by atoms with E-state index in [1.165, 1.54) is 27.8 Å². The van der Waals surface area contributed by atoms with Crippen LogP contribution in [0.2, 0.25) is 0 Å². The second kappa shape index (κ2) is 10.8. The Hall–Kier alpha value is -2.55. The van der Waals surface area contributed by atoms with Gasteiger partial charge in [0.25, 0.3) is 0 Å². The van der Waals surface area contributed by atoms with Crippen molar-refractivity contribution in [2.24, 2.45) is 0 Å². The molecule has 3 aromatic rings. The zero-order valence-corrected chi connectivity index (χ0v) is 18.9. The second-order valence-electron chi connectivity index (χ2n) is 6.79. The fourth-order valence-corrected chi connectivity index (χ4v) is 4.20. The molecule has 0 saturated carbocycles. The minimum absolute atomic E-state index is 0.231. The molecule has 1 N–H and O–H groups in total. The smallest absolute Gasteiger partial charge is 0.223 e. The number of hydrogen-bond acceptors (Lipinski definition) is 1. The van der Waals surface area contributed by atoms with E-state index in [0.717, 1.165) is 25.0 Å². The van der Waals surface area contributed by atoms with E-state index in [2.05, 4.69) is 67.4 Å². The van der Waals surface area contributed by atoms with Gasteiger partial charge in [-0.2, -0.15) is 0 Å². The molecule has 1 heterocycles. The first-order chi connectivity index (χ1) is 14.2. The van der Waals surface area contributed by atoms with Crippen molar-refractivity contribution in [2.75, 3.05) is 13.1 Å². The molecule has 3 heteroatoms. The number of H-pyrrole nitrogens is 1. The Balaban J connectivity index is 0.000000707. The molecule has 0 radical (unpaired) electrons. The van der Waals surface area contributed by atoms with Crippen molar-refractivity contribution in [1.82, 2.24) is 9.88 Å². The van der Waals surface area contributed by atoms with Crippen molar-refractivity contribution in [3.05, 3.63) is 59.7 Å². The zero-order valence-electron chi connectivity index (χ0n) is 18.9. The van der Waals surface area contributed by atoms with Crippen LogP contribution in [0, 0.1) is 0 Å². The third kappa shape index (κ3) is 4.55. The van der Waals surface area contributed by atoms with Crippen LogP contribution in [-0.2, 0) is 11.2 Å². The van der Waals surface area contributed by atoms with Gasteiger partial charge in [-0.1, -0.05) is 70.2 Å². The number of carbonyl (C=O) groups is 1. The lowest BCUT2D eigenvalue weighted by atomic mass is 9.72. The van der Waals surface area contributed by atoms with E-state index in [4.69, 9.17) is 0 Å². The number of amides is 1. The van der Waals surface area contributed by atoms with Crippen molar-refractivity contribution < 1.29 is 4.79 Å². The number of nitrogens with one attached hydrogen (secondary N) is 1. The Morgan fingerprint density at radius 3 is 2.28 bits per heavy atom. The minimum Gasteiger partial charge on any atom is -0.354 e. The molecule has 1 unspecified atom stereocenters. The standard InChI is InChI=1S/C22H24N2O.2C2H6/c1-3-24(4-2)20(25)14-16-13-15-9-5-6-10-17(15)22-21(16)18-11-7-8-12-19(18)23-22;2*1-2/h5-12,16,23H,3-4,13-14H2,1-2H3;2*1-2H3/i20-1;;. The summed E-state index contributed by atoms with van der Waals surface area (Å²) in [5.41, 5.74) is 6.28. The third-order valence-corrected chi connectivity index (χ3v) is 5.44. The molecule has 1 amide bonds. The highest BCUT2D eigenvalue weighted by Gasteiger charge is 2.30. The SMILES string of the molecule is CC.CC.CCN(CC)[11C](=O)CC1Cc2ccccc2-c2[nH]c3ccccc3c21.